The minimum Gasteiger partial charge on any atom is -0.346 e. The maximum Gasteiger partial charge on any atom is 0.219 e. The largest absolute Gasteiger partial charge is 0.346 e. The first kappa shape index (κ1) is 11.4. The van der Waals surface area contributed by atoms with Crippen molar-refractivity contribution in [3.05, 3.63) is 0 Å². The molecule has 0 aromatic heterocycles. The molecule has 0 spiro atoms. The van der Waals surface area contributed by atoms with Crippen molar-refractivity contribution < 1.29 is 4.79 Å². The van der Waals surface area contributed by atoms with Crippen LogP contribution in [0.2, 0.25) is 0 Å². The highest BCUT2D eigenvalue weighted by Crippen LogP contribution is 2.02. The van der Waals surface area contributed by atoms with Crippen molar-refractivity contribution in [1.29, 1.82) is 0 Å². The summed E-state index contributed by atoms with van der Waals surface area (Å²) in [4.78, 5) is 12.7. The lowest BCUT2D eigenvalue weighted by atomic mass is 10.1. The van der Waals surface area contributed by atoms with Crippen LogP contribution in [0.3, 0.4) is 0 Å². The van der Waals surface area contributed by atoms with Gasteiger partial charge in [-0.1, -0.05) is 13.3 Å². The van der Waals surface area contributed by atoms with E-state index in [0.29, 0.717) is 5.92 Å². The van der Waals surface area contributed by atoms with Crippen molar-refractivity contribution >= 4 is 5.91 Å². The molecule has 0 aliphatic rings. The SMILES string of the molecule is CCC(CNC)CN(C)C(C)=O. The summed E-state index contributed by atoms with van der Waals surface area (Å²) in [6.07, 6.45) is 1.11. The molecule has 0 aliphatic heterocycles. The van der Waals surface area contributed by atoms with E-state index in [1.807, 2.05) is 14.1 Å². The Labute approximate surface area is 75.1 Å². The van der Waals surface area contributed by atoms with Gasteiger partial charge in [0.15, 0.2) is 0 Å². The van der Waals surface area contributed by atoms with Gasteiger partial charge in [0.1, 0.15) is 0 Å². The van der Waals surface area contributed by atoms with Gasteiger partial charge in [0, 0.05) is 20.5 Å². The van der Waals surface area contributed by atoms with E-state index in [4.69, 9.17) is 0 Å². The summed E-state index contributed by atoms with van der Waals surface area (Å²) in [5.74, 6) is 0.716. The van der Waals surface area contributed by atoms with E-state index >= 15 is 0 Å². The highest BCUT2D eigenvalue weighted by Gasteiger charge is 2.09. The molecule has 0 aromatic carbocycles. The molecule has 0 heterocycles. The first-order chi connectivity index (χ1) is 5.61. The highest BCUT2D eigenvalue weighted by atomic mass is 16.2. The molecule has 0 rings (SSSR count). The Morgan fingerprint density at radius 2 is 2.17 bits per heavy atom. The van der Waals surface area contributed by atoms with Crippen LogP contribution < -0.4 is 5.32 Å². The summed E-state index contributed by atoms with van der Waals surface area (Å²) in [5.41, 5.74) is 0. The van der Waals surface area contributed by atoms with Gasteiger partial charge in [0.05, 0.1) is 0 Å². The van der Waals surface area contributed by atoms with Gasteiger partial charge < -0.3 is 10.2 Å². The van der Waals surface area contributed by atoms with Gasteiger partial charge in [-0.25, -0.2) is 0 Å². The maximum atomic E-state index is 10.9. The van der Waals surface area contributed by atoms with Gasteiger partial charge in [-0.15, -0.1) is 0 Å². The Hall–Kier alpha value is -0.570. The Bertz CT molecular complexity index is 136. The van der Waals surface area contributed by atoms with E-state index < -0.39 is 0 Å². The lowest BCUT2D eigenvalue weighted by Crippen LogP contribution is -2.33. The van der Waals surface area contributed by atoms with E-state index in [1.165, 1.54) is 0 Å². The number of nitrogens with zero attached hydrogens (tertiary/aromatic N) is 1. The average molecular weight is 172 g/mol. The van der Waals surface area contributed by atoms with Crippen LogP contribution in [0, 0.1) is 5.92 Å². The van der Waals surface area contributed by atoms with Crippen molar-refractivity contribution in [2.24, 2.45) is 5.92 Å². The van der Waals surface area contributed by atoms with Gasteiger partial charge in [-0.3, -0.25) is 4.79 Å². The Morgan fingerprint density at radius 1 is 1.58 bits per heavy atom. The number of carbonyl (C=O) groups is 1. The molecule has 1 amide bonds. The summed E-state index contributed by atoms with van der Waals surface area (Å²) in [6.45, 7) is 5.59. The van der Waals surface area contributed by atoms with Crippen LogP contribution >= 0.6 is 0 Å². The van der Waals surface area contributed by atoms with Gasteiger partial charge in [-0.05, 0) is 19.5 Å². The van der Waals surface area contributed by atoms with Crippen molar-refractivity contribution in [3.63, 3.8) is 0 Å². The second kappa shape index (κ2) is 6.00. The second-order valence-corrected chi connectivity index (χ2v) is 3.23. The van der Waals surface area contributed by atoms with Crippen LogP contribution in [-0.2, 0) is 4.79 Å². The molecule has 0 bridgehead atoms. The normalized spacial score (nSPS) is 12.7. The summed E-state index contributed by atoms with van der Waals surface area (Å²) >= 11 is 0. The number of hydrogen-bond acceptors (Lipinski definition) is 2. The molecule has 3 heteroatoms. The topological polar surface area (TPSA) is 32.3 Å². The quantitative estimate of drug-likeness (QED) is 0.662. The number of amides is 1. The zero-order valence-corrected chi connectivity index (χ0v) is 8.55. The van der Waals surface area contributed by atoms with Crippen molar-refractivity contribution in [2.45, 2.75) is 20.3 Å². The van der Waals surface area contributed by atoms with Gasteiger partial charge >= 0.3 is 0 Å². The molecular weight excluding hydrogens is 152 g/mol. The van der Waals surface area contributed by atoms with Gasteiger partial charge in [0.2, 0.25) is 5.91 Å². The molecule has 1 N–H and O–H groups in total. The lowest BCUT2D eigenvalue weighted by molar-refractivity contribution is -0.128. The lowest BCUT2D eigenvalue weighted by Gasteiger charge is -2.21. The molecule has 0 aromatic rings. The Balaban J connectivity index is 3.76. The number of hydrogen-bond donors (Lipinski definition) is 1. The van der Waals surface area contributed by atoms with Crippen LogP contribution in [0.1, 0.15) is 20.3 Å². The summed E-state index contributed by atoms with van der Waals surface area (Å²) < 4.78 is 0. The first-order valence-corrected chi connectivity index (χ1v) is 4.48. The predicted molar refractivity (Wildman–Crippen MR) is 51.0 cm³/mol. The van der Waals surface area contributed by atoms with Crippen molar-refractivity contribution in [3.8, 4) is 0 Å². The molecule has 12 heavy (non-hydrogen) atoms. The van der Waals surface area contributed by atoms with Gasteiger partial charge in [-0.2, -0.15) is 0 Å². The van der Waals surface area contributed by atoms with Crippen molar-refractivity contribution in [2.75, 3.05) is 27.2 Å². The zero-order chi connectivity index (χ0) is 9.56. The minimum atomic E-state index is 0.143. The van der Waals surface area contributed by atoms with E-state index in [1.54, 1.807) is 11.8 Å². The molecule has 0 radical (unpaired) electrons. The van der Waals surface area contributed by atoms with Crippen LogP contribution in [0.25, 0.3) is 0 Å². The standard InChI is InChI=1S/C9H20N2O/c1-5-9(6-10-3)7-11(4)8(2)12/h9-10H,5-7H2,1-4H3. The number of nitrogens with one attached hydrogen (secondary N) is 1. The van der Waals surface area contributed by atoms with E-state index in [9.17, 15) is 4.79 Å². The highest BCUT2D eigenvalue weighted by molar-refractivity contribution is 5.72. The zero-order valence-electron chi connectivity index (χ0n) is 8.55. The van der Waals surface area contributed by atoms with Crippen LogP contribution in [-0.4, -0.2) is 38.0 Å². The molecule has 0 fully saturated rings. The molecule has 72 valence electrons. The number of rotatable bonds is 5. The fourth-order valence-electron chi connectivity index (χ4n) is 1.14. The summed E-state index contributed by atoms with van der Waals surface area (Å²) in [6, 6.07) is 0. The summed E-state index contributed by atoms with van der Waals surface area (Å²) in [7, 11) is 3.79. The fraction of sp³-hybridized carbons (Fsp3) is 0.889. The molecule has 0 aliphatic carbocycles. The molecule has 3 nitrogen and oxygen atoms in total. The van der Waals surface area contributed by atoms with Gasteiger partial charge in [0.25, 0.3) is 0 Å². The third kappa shape index (κ3) is 4.34. The third-order valence-corrected chi connectivity index (χ3v) is 2.14. The second-order valence-electron chi connectivity index (χ2n) is 3.23. The van der Waals surface area contributed by atoms with Crippen LogP contribution in [0.5, 0.6) is 0 Å². The molecular formula is C9H20N2O. The first-order valence-electron chi connectivity index (χ1n) is 4.48. The number of carbonyl (C=O) groups excluding carboxylic acids is 1. The average Bonchev–Trinajstić information content (AvgIpc) is 2.03. The maximum absolute atomic E-state index is 10.9. The Morgan fingerprint density at radius 3 is 2.50 bits per heavy atom. The molecule has 1 atom stereocenters. The van der Waals surface area contributed by atoms with Crippen LogP contribution in [0.15, 0.2) is 0 Å². The minimum absolute atomic E-state index is 0.143. The van der Waals surface area contributed by atoms with Crippen LogP contribution in [0.4, 0.5) is 0 Å². The summed E-state index contributed by atoms with van der Waals surface area (Å²) in [5, 5.41) is 3.13. The van der Waals surface area contributed by atoms with E-state index in [0.717, 1.165) is 19.5 Å². The van der Waals surface area contributed by atoms with E-state index in [2.05, 4.69) is 12.2 Å². The molecule has 0 saturated carbocycles. The van der Waals surface area contributed by atoms with E-state index in [-0.39, 0.29) is 5.91 Å². The molecule has 0 saturated heterocycles. The predicted octanol–water partition coefficient (Wildman–Crippen LogP) is 0.710. The smallest absolute Gasteiger partial charge is 0.219 e. The third-order valence-electron chi connectivity index (χ3n) is 2.14. The Kier molecular flexibility index (Phi) is 5.72. The monoisotopic (exact) mass is 172 g/mol. The van der Waals surface area contributed by atoms with Crippen molar-refractivity contribution in [1.82, 2.24) is 10.2 Å². The molecule has 1 unspecified atom stereocenters. The fourth-order valence-corrected chi connectivity index (χ4v) is 1.14.